The van der Waals surface area contributed by atoms with E-state index in [0.717, 1.165) is 30.7 Å². The average molecular weight is 441 g/mol. The third-order valence-electron chi connectivity index (χ3n) is 7.88. The highest BCUT2D eigenvalue weighted by molar-refractivity contribution is 6.02. The summed E-state index contributed by atoms with van der Waals surface area (Å²) in [4.78, 5) is 7.47. The third-order valence-corrected chi connectivity index (χ3v) is 7.88. The van der Waals surface area contributed by atoms with Gasteiger partial charge in [0.05, 0.1) is 11.6 Å². The first-order valence-electron chi connectivity index (χ1n) is 12.6. The average Bonchev–Trinajstić information content (AvgIpc) is 3.00. The van der Waals surface area contributed by atoms with Crippen LogP contribution in [0.25, 0.3) is 10.8 Å². The molecule has 2 heterocycles. The molecule has 0 aromatic heterocycles. The lowest BCUT2D eigenvalue weighted by Gasteiger charge is -2.45. The highest BCUT2D eigenvalue weighted by Crippen LogP contribution is 2.55. The van der Waals surface area contributed by atoms with Crippen molar-refractivity contribution < 1.29 is 4.74 Å². The van der Waals surface area contributed by atoms with Gasteiger partial charge in [-0.15, -0.1) is 0 Å². The summed E-state index contributed by atoms with van der Waals surface area (Å²) in [6, 6.07) is 17.4. The highest BCUT2D eigenvalue weighted by atomic mass is 16.5. The molecule has 3 aromatic carbocycles. The molecule has 2 aliphatic heterocycles. The number of aliphatic imine (C=N–C) groups is 1. The van der Waals surface area contributed by atoms with Crippen molar-refractivity contribution in [1.82, 2.24) is 0 Å². The zero-order chi connectivity index (χ0) is 23.2. The molecule has 0 aliphatic carbocycles. The second-order valence-electron chi connectivity index (χ2n) is 10.1. The van der Waals surface area contributed by atoms with Crippen LogP contribution in [-0.4, -0.2) is 19.0 Å². The van der Waals surface area contributed by atoms with Crippen molar-refractivity contribution in [2.24, 2.45) is 4.99 Å². The van der Waals surface area contributed by atoms with Gasteiger partial charge in [-0.2, -0.15) is 0 Å². The summed E-state index contributed by atoms with van der Waals surface area (Å²) in [7, 11) is 2.15. The van der Waals surface area contributed by atoms with E-state index < -0.39 is 5.72 Å². The Morgan fingerprint density at radius 3 is 2.18 bits per heavy atom. The van der Waals surface area contributed by atoms with Crippen LogP contribution in [0.3, 0.4) is 0 Å². The summed E-state index contributed by atoms with van der Waals surface area (Å²) in [6.45, 7) is 9.12. The minimum absolute atomic E-state index is 0.239. The number of likely N-dealkylation sites (N-methyl/N-ethyl adjacent to an activating group) is 1. The molecule has 0 amide bonds. The van der Waals surface area contributed by atoms with E-state index in [0.29, 0.717) is 0 Å². The number of nitrogens with zero attached hydrogens (tertiary/aromatic N) is 2. The number of aryl methyl sites for hydroxylation is 1. The first-order chi connectivity index (χ1) is 16.0. The van der Waals surface area contributed by atoms with Gasteiger partial charge >= 0.3 is 0 Å². The molecule has 0 saturated heterocycles. The molecule has 33 heavy (non-hydrogen) atoms. The molecule has 172 valence electrons. The molecular formula is C30H36N2O. The van der Waals surface area contributed by atoms with E-state index in [4.69, 9.17) is 9.73 Å². The summed E-state index contributed by atoms with van der Waals surface area (Å²) in [5, 5.41) is 2.55. The van der Waals surface area contributed by atoms with Crippen LogP contribution < -0.4 is 9.64 Å². The Hall–Kier alpha value is -2.81. The zero-order valence-corrected chi connectivity index (χ0v) is 20.7. The largest absolute Gasteiger partial charge is 0.459 e. The number of ether oxygens (including phenoxy) is 1. The maximum Gasteiger partial charge on any atom is 0.228 e. The Balaban J connectivity index is 1.75. The third kappa shape index (κ3) is 3.12. The zero-order valence-electron chi connectivity index (χ0n) is 20.7. The van der Waals surface area contributed by atoms with Gasteiger partial charge in [-0.3, -0.25) is 4.99 Å². The van der Waals surface area contributed by atoms with Gasteiger partial charge in [0.25, 0.3) is 0 Å². The van der Waals surface area contributed by atoms with E-state index in [1.54, 1.807) is 0 Å². The van der Waals surface area contributed by atoms with E-state index in [1.807, 2.05) is 0 Å². The van der Waals surface area contributed by atoms with Gasteiger partial charge in [0.1, 0.15) is 5.69 Å². The number of fused-ring (bicyclic) bond motifs is 4. The fraction of sp³-hybridized carbons (Fsp3) is 0.433. The van der Waals surface area contributed by atoms with E-state index in [1.165, 1.54) is 52.4 Å². The Kier molecular flexibility index (Phi) is 5.47. The van der Waals surface area contributed by atoms with Gasteiger partial charge < -0.3 is 9.64 Å². The fourth-order valence-corrected chi connectivity index (χ4v) is 5.88. The Bertz CT molecular complexity index is 1230. The molecule has 0 radical (unpaired) electrons. The standard InChI is InChI=1S/C30H36N2O/c1-6-8-14-22-21-16-10-11-17-23(21)27-28(24(22)15-9-7-2)33-30(20-31-27)29(3,4)25-18-12-13-19-26(25)32(30)5/h10-13,16-20H,6-9,14-15H2,1-5H3. The molecule has 0 bridgehead atoms. The quantitative estimate of drug-likeness (QED) is 0.391. The Morgan fingerprint density at radius 2 is 1.48 bits per heavy atom. The van der Waals surface area contributed by atoms with Crippen molar-refractivity contribution in [3.63, 3.8) is 0 Å². The van der Waals surface area contributed by atoms with Gasteiger partial charge in [-0.25, -0.2) is 0 Å². The van der Waals surface area contributed by atoms with Gasteiger partial charge in [-0.05, 0) is 62.1 Å². The predicted molar refractivity (Wildman–Crippen MR) is 141 cm³/mol. The van der Waals surface area contributed by atoms with Crippen molar-refractivity contribution >= 4 is 28.4 Å². The van der Waals surface area contributed by atoms with Gasteiger partial charge in [0.15, 0.2) is 5.75 Å². The van der Waals surface area contributed by atoms with Gasteiger partial charge in [0, 0.05) is 23.7 Å². The van der Waals surface area contributed by atoms with Crippen molar-refractivity contribution in [3.8, 4) is 5.75 Å². The molecule has 1 atom stereocenters. The normalized spacial score (nSPS) is 20.2. The molecule has 1 unspecified atom stereocenters. The molecular weight excluding hydrogens is 404 g/mol. The van der Waals surface area contributed by atoms with Crippen molar-refractivity contribution in [2.75, 3.05) is 11.9 Å². The Labute approximate surface area is 198 Å². The molecule has 3 aromatic rings. The van der Waals surface area contributed by atoms with Crippen LogP contribution in [0.15, 0.2) is 53.5 Å². The second-order valence-corrected chi connectivity index (χ2v) is 10.1. The Morgan fingerprint density at radius 1 is 0.848 bits per heavy atom. The maximum absolute atomic E-state index is 7.22. The topological polar surface area (TPSA) is 24.8 Å². The molecule has 0 saturated carbocycles. The lowest BCUT2D eigenvalue weighted by Crippen LogP contribution is -2.61. The molecule has 3 heteroatoms. The van der Waals surface area contributed by atoms with Crippen molar-refractivity contribution in [3.05, 3.63) is 65.2 Å². The summed E-state index contributed by atoms with van der Waals surface area (Å²) >= 11 is 0. The van der Waals surface area contributed by atoms with Crippen LogP contribution in [-0.2, 0) is 18.3 Å². The van der Waals surface area contributed by atoms with Gasteiger partial charge in [-0.1, -0.05) is 69.2 Å². The number of benzene rings is 3. The van der Waals surface area contributed by atoms with Crippen LogP contribution in [0, 0.1) is 0 Å². The predicted octanol–water partition coefficient (Wildman–Crippen LogP) is 7.74. The lowest BCUT2D eigenvalue weighted by atomic mass is 9.77. The summed E-state index contributed by atoms with van der Waals surface area (Å²) in [5.41, 5.74) is 5.48. The number of rotatable bonds is 6. The van der Waals surface area contributed by atoms with E-state index in [2.05, 4.69) is 94.4 Å². The first kappa shape index (κ1) is 22.0. The molecule has 0 N–H and O–H groups in total. The number of para-hydroxylation sites is 1. The monoisotopic (exact) mass is 440 g/mol. The van der Waals surface area contributed by atoms with E-state index in [9.17, 15) is 0 Å². The number of hydrogen-bond acceptors (Lipinski definition) is 3. The number of unbranched alkanes of at least 4 members (excludes halogenated alkanes) is 2. The SMILES string of the molecule is CCCCc1c2c(c3ccccc3c1CCCC)N=CC1(O2)N(C)c2ccccc2C1(C)C. The van der Waals surface area contributed by atoms with Crippen molar-refractivity contribution in [1.29, 1.82) is 0 Å². The maximum atomic E-state index is 7.22. The summed E-state index contributed by atoms with van der Waals surface area (Å²) in [6.07, 6.45) is 8.88. The molecule has 3 nitrogen and oxygen atoms in total. The minimum atomic E-state index is -0.644. The fourth-order valence-electron chi connectivity index (χ4n) is 5.88. The number of anilines is 1. The molecule has 1 spiro atoms. The molecule has 0 fully saturated rings. The van der Waals surface area contributed by atoms with Gasteiger partial charge in [0.2, 0.25) is 5.72 Å². The smallest absolute Gasteiger partial charge is 0.228 e. The van der Waals surface area contributed by atoms with Crippen LogP contribution in [0.2, 0.25) is 0 Å². The molecule has 5 rings (SSSR count). The second kappa shape index (κ2) is 8.20. The minimum Gasteiger partial charge on any atom is -0.459 e. The van der Waals surface area contributed by atoms with Crippen LogP contribution in [0.5, 0.6) is 5.75 Å². The van der Waals surface area contributed by atoms with Crippen LogP contribution in [0.4, 0.5) is 11.4 Å². The summed E-state index contributed by atoms with van der Waals surface area (Å²) in [5.74, 6) is 1.00. The van der Waals surface area contributed by atoms with E-state index in [-0.39, 0.29) is 5.41 Å². The van der Waals surface area contributed by atoms with Crippen LogP contribution >= 0.6 is 0 Å². The van der Waals surface area contributed by atoms with Crippen molar-refractivity contribution in [2.45, 2.75) is 77.4 Å². The summed E-state index contributed by atoms with van der Waals surface area (Å²) < 4.78 is 7.22. The first-order valence-corrected chi connectivity index (χ1v) is 12.6. The van der Waals surface area contributed by atoms with E-state index >= 15 is 0 Å². The molecule has 2 aliphatic rings. The van der Waals surface area contributed by atoms with Crippen LogP contribution in [0.1, 0.15) is 70.1 Å². The highest BCUT2D eigenvalue weighted by Gasteiger charge is 2.58. The number of hydrogen-bond donors (Lipinski definition) is 0. The lowest BCUT2D eigenvalue weighted by molar-refractivity contribution is 0.0814.